The van der Waals surface area contributed by atoms with E-state index in [0.29, 0.717) is 19.4 Å². The molecule has 2 aliphatic heterocycles. The Morgan fingerprint density at radius 2 is 1.92 bits per heavy atom. The van der Waals surface area contributed by atoms with Crippen molar-refractivity contribution in [1.82, 2.24) is 15.5 Å². The maximum atomic E-state index is 12.5. The Morgan fingerprint density at radius 1 is 1.17 bits per heavy atom. The summed E-state index contributed by atoms with van der Waals surface area (Å²) in [5, 5.41) is 23.3. The van der Waals surface area contributed by atoms with Crippen molar-refractivity contribution in [2.45, 2.75) is 56.7 Å². The number of rotatable bonds is 7. The van der Waals surface area contributed by atoms with Crippen LogP contribution in [0.1, 0.15) is 38.5 Å². The van der Waals surface area contributed by atoms with Gasteiger partial charge in [0.15, 0.2) is 0 Å². The molecule has 0 unspecified atom stereocenters. The molecule has 9 heteroatoms. The third-order valence-electron chi connectivity index (χ3n) is 4.46. The second-order valence-electron chi connectivity index (χ2n) is 6.17. The van der Waals surface area contributed by atoms with Crippen LogP contribution in [0.2, 0.25) is 0 Å². The molecule has 0 aliphatic carbocycles. The first-order valence-corrected chi connectivity index (χ1v) is 8.19. The van der Waals surface area contributed by atoms with Crippen molar-refractivity contribution < 1.29 is 29.4 Å². The number of carboxylic acids is 2. The molecule has 3 atom stereocenters. The Kier molecular flexibility index (Phi) is 6.13. The minimum atomic E-state index is -1.28. The van der Waals surface area contributed by atoms with Crippen LogP contribution in [0.5, 0.6) is 0 Å². The number of hydrogen-bond donors (Lipinski definition) is 4. The van der Waals surface area contributed by atoms with E-state index < -0.39 is 29.9 Å². The molecule has 0 radical (unpaired) electrons. The first kappa shape index (κ1) is 18.2. The van der Waals surface area contributed by atoms with Crippen LogP contribution >= 0.6 is 0 Å². The van der Waals surface area contributed by atoms with Gasteiger partial charge in [0.25, 0.3) is 0 Å². The Morgan fingerprint density at radius 3 is 2.50 bits per heavy atom. The highest BCUT2D eigenvalue weighted by molar-refractivity contribution is 5.92. The quantitative estimate of drug-likeness (QED) is 0.474. The van der Waals surface area contributed by atoms with Crippen molar-refractivity contribution in [3.05, 3.63) is 0 Å². The average Bonchev–Trinajstić information content (AvgIpc) is 3.20. The van der Waals surface area contributed by atoms with Crippen LogP contribution in [-0.4, -0.2) is 70.1 Å². The minimum absolute atomic E-state index is 0.123. The zero-order valence-electron chi connectivity index (χ0n) is 13.4. The van der Waals surface area contributed by atoms with Gasteiger partial charge in [0.2, 0.25) is 11.8 Å². The summed E-state index contributed by atoms with van der Waals surface area (Å²) in [7, 11) is 0. The third kappa shape index (κ3) is 4.44. The van der Waals surface area contributed by atoms with Crippen LogP contribution in [0, 0.1) is 0 Å². The lowest BCUT2D eigenvalue weighted by molar-refractivity contribution is -0.145. The second kappa shape index (κ2) is 8.09. The molecule has 2 saturated heterocycles. The largest absolute Gasteiger partial charge is 0.481 e. The predicted octanol–water partition coefficient (Wildman–Crippen LogP) is -0.836. The van der Waals surface area contributed by atoms with Gasteiger partial charge in [-0.25, -0.2) is 4.79 Å². The van der Waals surface area contributed by atoms with Gasteiger partial charge >= 0.3 is 11.9 Å². The van der Waals surface area contributed by atoms with Crippen LogP contribution in [0.4, 0.5) is 0 Å². The molecule has 0 saturated carbocycles. The number of carbonyl (C=O) groups excluding carboxylic acids is 2. The third-order valence-corrected chi connectivity index (χ3v) is 4.46. The van der Waals surface area contributed by atoms with Crippen LogP contribution in [0.15, 0.2) is 0 Å². The maximum absolute atomic E-state index is 12.5. The van der Waals surface area contributed by atoms with Crippen molar-refractivity contribution >= 4 is 23.8 Å². The van der Waals surface area contributed by atoms with Gasteiger partial charge in [-0.05, 0) is 38.6 Å². The maximum Gasteiger partial charge on any atom is 0.326 e. The van der Waals surface area contributed by atoms with Gasteiger partial charge < -0.3 is 25.7 Å². The normalized spacial score (nSPS) is 24.6. The van der Waals surface area contributed by atoms with Crippen molar-refractivity contribution in [1.29, 1.82) is 0 Å². The molecule has 134 valence electrons. The zero-order chi connectivity index (χ0) is 17.7. The number of nitrogens with one attached hydrogen (secondary N) is 2. The summed E-state index contributed by atoms with van der Waals surface area (Å²) < 4.78 is 0. The highest BCUT2D eigenvalue weighted by Crippen LogP contribution is 2.21. The van der Waals surface area contributed by atoms with Crippen LogP contribution in [0.25, 0.3) is 0 Å². The molecule has 2 aliphatic rings. The monoisotopic (exact) mass is 341 g/mol. The number of amides is 2. The summed E-state index contributed by atoms with van der Waals surface area (Å²) >= 11 is 0. The fraction of sp³-hybridized carbons (Fsp3) is 0.733. The van der Waals surface area contributed by atoms with E-state index in [0.717, 1.165) is 19.4 Å². The summed E-state index contributed by atoms with van der Waals surface area (Å²) in [6.07, 6.45) is 2.27. The van der Waals surface area contributed by atoms with Gasteiger partial charge in [0.1, 0.15) is 12.1 Å². The first-order valence-electron chi connectivity index (χ1n) is 8.19. The van der Waals surface area contributed by atoms with E-state index in [1.807, 2.05) is 0 Å². The smallest absolute Gasteiger partial charge is 0.326 e. The van der Waals surface area contributed by atoms with E-state index in [9.17, 15) is 19.2 Å². The molecule has 2 rings (SSSR count). The average molecular weight is 341 g/mol. The first-order chi connectivity index (χ1) is 11.4. The standard InChI is InChI=1S/C15H23N3O6/c19-12(20)6-5-10(15(23)24)17-13(21)11-4-2-8-18(11)14(22)9-3-1-7-16-9/h9-11,16H,1-8H2,(H,17,21)(H,19,20)(H,23,24)/t9-,10-,11-/m0/s1. The van der Waals surface area contributed by atoms with E-state index in [2.05, 4.69) is 10.6 Å². The summed E-state index contributed by atoms with van der Waals surface area (Å²) in [5.74, 6) is -3.06. The highest BCUT2D eigenvalue weighted by Gasteiger charge is 2.38. The summed E-state index contributed by atoms with van der Waals surface area (Å²) in [4.78, 5) is 48.2. The molecule has 0 bridgehead atoms. The molecule has 2 fully saturated rings. The van der Waals surface area contributed by atoms with Crippen molar-refractivity contribution in [2.75, 3.05) is 13.1 Å². The number of carboxylic acid groups (broad SMARTS) is 2. The van der Waals surface area contributed by atoms with Crippen LogP contribution in [0.3, 0.4) is 0 Å². The van der Waals surface area contributed by atoms with Gasteiger partial charge in [0.05, 0.1) is 6.04 Å². The molecular formula is C15H23N3O6. The van der Waals surface area contributed by atoms with Crippen molar-refractivity contribution in [3.8, 4) is 0 Å². The molecule has 4 N–H and O–H groups in total. The molecule has 9 nitrogen and oxygen atoms in total. The van der Waals surface area contributed by atoms with Gasteiger partial charge in [0, 0.05) is 13.0 Å². The molecule has 2 heterocycles. The number of hydrogen-bond acceptors (Lipinski definition) is 5. The predicted molar refractivity (Wildman–Crippen MR) is 82.2 cm³/mol. The fourth-order valence-corrected chi connectivity index (χ4v) is 3.19. The molecular weight excluding hydrogens is 318 g/mol. The molecule has 2 amide bonds. The summed E-state index contributed by atoms with van der Waals surface area (Å²) in [5.41, 5.74) is 0. The molecule has 0 spiro atoms. The molecule has 0 aromatic carbocycles. The van der Waals surface area contributed by atoms with Crippen molar-refractivity contribution in [3.63, 3.8) is 0 Å². The van der Waals surface area contributed by atoms with Crippen LogP contribution in [-0.2, 0) is 19.2 Å². The van der Waals surface area contributed by atoms with Crippen LogP contribution < -0.4 is 10.6 Å². The van der Waals surface area contributed by atoms with E-state index >= 15 is 0 Å². The number of likely N-dealkylation sites (tertiary alicyclic amines) is 1. The Labute approximate surface area is 139 Å². The molecule has 0 aromatic rings. The Bertz CT molecular complexity index is 517. The lowest BCUT2D eigenvalue weighted by atomic mass is 10.1. The minimum Gasteiger partial charge on any atom is -0.481 e. The van der Waals surface area contributed by atoms with E-state index in [-0.39, 0.29) is 24.8 Å². The van der Waals surface area contributed by atoms with Gasteiger partial charge in [-0.3, -0.25) is 14.4 Å². The van der Waals surface area contributed by atoms with Gasteiger partial charge in [-0.15, -0.1) is 0 Å². The highest BCUT2D eigenvalue weighted by atomic mass is 16.4. The lowest BCUT2D eigenvalue weighted by Gasteiger charge is -2.27. The Hall–Kier alpha value is -2.16. The number of aliphatic carboxylic acids is 2. The SMILES string of the molecule is O=C(O)CC[C@H](NC(=O)[C@@H]1CCCN1C(=O)[C@@H]1CCCN1)C(=O)O. The Balaban J connectivity index is 1.97. The molecule has 24 heavy (non-hydrogen) atoms. The summed E-state index contributed by atoms with van der Waals surface area (Å²) in [6, 6.07) is -2.23. The van der Waals surface area contributed by atoms with Gasteiger partial charge in [-0.1, -0.05) is 0 Å². The molecule has 0 aromatic heterocycles. The zero-order valence-corrected chi connectivity index (χ0v) is 13.4. The number of carbonyl (C=O) groups is 4. The number of nitrogens with zero attached hydrogens (tertiary/aromatic N) is 1. The topological polar surface area (TPSA) is 136 Å². The lowest BCUT2D eigenvalue weighted by Crippen LogP contribution is -2.53. The van der Waals surface area contributed by atoms with E-state index in [4.69, 9.17) is 10.2 Å². The fourth-order valence-electron chi connectivity index (χ4n) is 3.19. The van der Waals surface area contributed by atoms with Gasteiger partial charge in [-0.2, -0.15) is 0 Å². The van der Waals surface area contributed by atoms with Crippen molar-refractivity contribution in [2.24, 2.45) is 0 Å². The summed E-state index contributed by atoms with van der Waals surface area (Å²) in [6.45, 7) is 1.25. The second-order valence-corrected chi connectivity index (χ2v) is 6.17. The van der Waals surface area contributed by atoms with E-state index in [1.54, 1.807) is 0 Å². The van der Waals surface area contributed by atoms with E-state index in [1.165, 1.54) is 4.90 Å².